The maximum absolute atomic E-state index is 12.4. The third-order valence-electron chi connectivity index (χ3n) is 3.10. The first kappa shape index (κ1) is 11.5. The van der Waals surface area contributed by atoms with Gasteiger partial charge in [-0.1, -0.05) is 18.2 Å². The molecule has 0 saturated carbocycles. The number of aromatic amines is 1. The van der Waals surface area contributed by atoms with Crippen molar-refractivity contribution in [3.05, 3.63) is 60.6 Å². The zero-order chi connectivity index (χ0) is 13.2. The molecule has 4 nitrogen and oxygen atoms in total. The molecule has 4 heteroatoms. The maximum Gasteiger partial charge on any atom is 0.276 e. The van der Waals surface area contributed by atoms with Crippen molar-refractivity contribution in [3.63, 3.8) is 0 Å². The van der Waals surface area contributed by atoms with Gasteiger partial charge in [0.05, 0.1) is 11.7 Å². The number of benzene rings is 1. The van der Waals surface area contributed by atoms with Crippen LogP contribution in [0.3, 0.4) is 0 Å². The summed E-state index contributed by atoms with van der Waals surface area (Å²) in [5, 5.41) is 0.986. The summed E-state index contributed by atoms with van der Waals surface area (Å²) < 4.78 is 0. The van der Waals surface area contributed by atoms with E-state index in [1.807, 2.05) is 42.6 Å². The molecule has 0 spiro atoms. The lowest BCUT2D eigenvalue weighted by Crippen LogP contribution is -2.26. The third-order valence-corrected chi connectivity index (χ3v) is 3.10. The Morgan fingerprint density at radius 1 is 1.21 bits per heavy atom. The van der Waals surface area contributed by atoms with E-state index in [0.29, 0.717) is 5.69 Å². The molecule has 19 heavy (non-hydrogen) atoms. The fourth-order valence-electron chi connectivity index (χ4n) is 2.01. The molecule has 3 rings (SSSR count). The topological polar surface area (TPSA) is 49.0 Å². The lowest BCUT2D eigenvalue weighted by molar-refractivity contribution is 0.0988. The molecule has 0 saturated heterocycles. The number of hydrogen-bond acceptors (Lipinski definition) is 2. The van der Waals surface area contributed by atoms with E-state index >= 15 is 0 Å². The predicted octanol–water partition coefficient (Wildman–Crippen LogP) is 2.84. The minimum atomic E-state index is -0.116. The van der Waals surface area contributed by atoms with Gasteiger partial charge in [0.1, 0.15) is 5.69 Å². The molecular formula is C15H13N3O. The van der Waals surface area contributed by atoms with Crippen molar-refractivity contribution >= 4 is 22.5 Å². The molecule has 1 N–H and O–H groups in total. The largest absolute Gasteiger partial charge is 0.360 e. The molecule has 0 fully saturated rings. The van der Waals surface area contributed by atoms with E-state index in [0.717, 1.165) is 16.6 Å². The average Bonchev–Trinajstić information content (AvgIpc) is 2.94. The summed E-state index contributed by atoms with van der Waals surface area (Å²) in [5.41, 5.74) is 2.22. The number of nitrogens with one attached hydrogen (secondary N) is 1. The van der Waals surface area contributed by atoms with E-state index in [2.05, 4.69) is 9.97 Å². The standard InChI is InChI=1S/C15H13N3O/c1-18(12-5-3-2-4-6-12)15(19)13-9-11-7-8-16-14(11)10-17-13/h2-10,16H,1H3. The van der Waals surface area contributed by atoms with Gasteiger partial charge in [0, 0.05) is 24.3 Å². The molecule has 2 heterocycles. The van der Waals surface area contributed by atoms with E-state index in [4.69, 9.17) is 0 Å². The quantitative estimate of drug-likeness (QED) is 0.761. The lowest BCUT2D eigenvalue weighted by Gasteiger charge is -2.16. The smallest absolute Gasteiger partial charge is 0.276 e. The van der Waals surface area contributed by atoms with Crippen LogP contribution in [-0.4, -0.2) is 22.9 Å². The summed E-state index contributed by atoms with van der Waals surface area (Å²) in [6.07, 6.45) is 3.52. The summed E-state index contributed by atoms with van der Waals surface area (Å²) in [4.78, 5) is 21.2. The van der Waals surface area contributed by atoms with Crippen molar-refractivity contribution in [1.29, 1.82) is 0 Å². The van der Waals surface area contributed by atoms with Crippen molar-refractivity contribution in [2.24, 2.45) is 0 Å². The zero-order valence-electron chi connectivity index (χ0n) is 10.5. The summed E-state index contributed by atoms with van der Waals surface area (Å²) in [5.74, 6) is -0.116. The fourth-order valence-corrected chi connectivity index (χ4v) is 2.01. The molecule has 3 aromatic rings. The molecule has 0 aliphatic rings. The van der Waals surface area contributed by atoms with Gasteiger partial charge in [-0.3, -0.25) is 4.79 Å². The van der Waals surface area contributed by atoms with Gasteiger partial charge in [-0.2, -0.15) is 0 Å². The molecular weight excluding hydrogens is 238 g/mol. The van der Waals surface area contributed by atoms with Crippen molar-refractivity contribution in [2.75, 3.05) is 11.9 Å². The van der Waals surface area contributed by atoms with Crippen LogP contribution in [0.1, 0.15) is 10.5 Å². The van der Waals surface area contributed by atoms with Gasteiger partial charge in [0.25, 0.3) is 5.91 Å². The predicted molar refractivity (Wildman–Crippen MR) is 75.3 cm³/mol. The Morgan fingerprint density at radius 3 is 2.79 bits per heavy atom. The number of fused-ring (bicyclic) bond motifs is 1. The number of anilines is 1. The van der Waals surface area contributed by atoms with Crippen LogP contribution in [0.5, 0.6) is 0 Å². The molecule has 0 bridgehead atoms. The van der Waals surface area contributed by atoms with Crippen LogP contribution in [0.25, 0.3) is 10.9 Å². The second-order valence-corrected chi connectivity index (χ2v) is 4.33. The minimum Gasteiger partial charge on any atom is -0.360 e. The number of para-hydroxylation sites is 1. The number of pyridine rings is 1. The van der Waals surface area contributed by atoms with Crippen molar-refractivity contribution < 1.29 is 4.79 Å². The van der Waals surface area contributed by atoms with Gasteiger partial charge in [0.15, 0.2) is 0 Å². The highest BCUT2D eigenvalue weighted by atomic mass is 16.2. The van der Waals surface area contributed by atoms with Crippen molar-refractivity contribution in [3.8, 4) is 0 Å². The van der Waals surface area contributed by atoms with Crippen molar-refractivity contribution in [1.82, 2.24) is 9.97 Å². The average molecular weight is 251 g/mol. The lowest BCUT2D eigenvalue weighted by atomic mass is 10.2. The van der Waals surface area contributed by atoms with Gasteiger partial charge in [0.2, 0.25) is 0 Å². The molecule has 94 valence electrons. The Balaban J connectivity index is 1.95. The number of amides is 1. The highest BCUT2D eigenvalue weighted by Crippen LogP contribution is 2.16. The normalized spacial score (nSPS) is 10.6. The van der Waals surface area contributed by atoms with Crippen LogP contribution >= 0.6 is 0 Å². The zero-order valence-corrected chi connectivity index (χ0v) is 10.5. The van der Waals surface area contributed by atoms with Crippen LogP contribution < -0.4 is 4.90 Å². The van der Waals surface area contributed by atoms with E-state index in [-0.39, 0.29) is 5.91 Å². The SMILES string of the molecule is CN(C(=O)c1cc2cc[nH]c2cn1)c1ccccc1. The van der Waals surface area contributed by atoms with Crippen LogP contribution in [-0.2, 0) is 0 Å². The number of hydrogen-bond donors (Lipinski definition) is 1. The number of nitrogens with zero attached hydrogens (tertiary/aromatic N) is 2. The van der Waals surface area contributed by atoms with Gasteiger partial charge in [-0.05, 0) is 24.3 Å². The highest BCUT2D eigenvalue weighted by molar-refractivity contribution is 6.05. The highest BCUT2D eigenvalue weighted by Gasteiger charge is 2.15. The monoisotopic (exact) mass is 251 g/mol. The Labute approximate surface area is 110 Å². The fraction of sp³-hybridized carbons (Fsp3) is 0.0667. The third kappa shape index (κ3) is 2.08. The molecule has 0 aliphatic heterocycles. The first-order chi connectivity index (χ1) is 9.25. The Hall–Kier alpha value is -2.62. The van der Waals surface area contributed by atoms with Gasteiger partial charge in [-0.15, -0.1) is 0 Å². The number of H-pyrrole nitrogens is 1. The van der Waals surface area contributed by atoms with E-state index < -0.39 is 0 Å². The molecule has 0 unspecified atom stereocenters. The number of carbonyl (C=O) groups excluding carboxylic acids is 1. The maximum atomic E-state index is 12.4. The van der Waals surface area contributed by atoms with Gasteiger partial charge >= 0.3 is 0 Å². The first-order valence-electron chi connectivity index (χ1n) is 6.02. The minimum absolute atomic E-state index is 0.116. The van der Waals surface area contributed by atoms with Crippen LogP contribution in [0, 0.1) is 0 Å². The van der Waals surface area contributed by atoms with Crippen LogP contribution in [0.2, 0.25) is 0 Å². The molecule has 0 atom stereocenters. The summed E-state index contributed by atoms with van der Waals surface area (Å²) in [6.45, 7) is 0. The number of rotatable bonds is 2. The Bertz CT molecular complexity index is 718. The summed E-state index contributed by atoms with van der Waals surface area (Å²) >= 11 is 0. The first-order valence-corrected chi connectivity index (χ1v) is 6.02. The molecule has 1 amide bonds. The molecule has 1 aromatic carbocycles. The van der Waals surface area contributed by atoms with E-state index in [9.17, 15) is 4.79 Å². The summed E-state index contributed by atoms with van der Waals surface area (Å²) in [6, 6.07) is 13.2. The van der Waals surface area contributed by atoms with Gasteiger partial charge < -0.3 is 9.88 Å². The number of aromatic nitrogens is 2. The van der Waals surface area contributed by atoms with Crippen molar-refractivity contribution in [2.45, 2.75) is 0 Å². The molecule has 0 radical (unpaired) electrons. The second kappa shape index (κ2) is 4.57. The Kier molecular flexibility index (Phi) is 2.76. The van der Waals surface area contributed by atoms with E-state index in [1.54, 1.807) is 24.2 Å². The second-order valence-electron chi connectivity index (χ2n) is 4.33. The van der Waals surface area contributed by atoms with Gasteiger partial charge in [-0.25, -0.2) is 4.98 Å². The van der Waals surface area contributed by atoms with Crippen LogP contribution in [0.4, 0.5) is 5.69 Å². The van der Waals surface area contributed by atoms with Crippen LogP contribution in [0.15, 0.2) is 54.9 Å². The number of carbonyl (C=O) groups is 1. The molecule has 0 aliphatic carbocycles. The Morgan fingerprint density at radius 2 is 2.00 bits per heavy atom. The van der Waals surface area contributed by atoms with E-state index in [1.165, 1.54) is 0 Å². The molecule has 2 aromatic heterocycles. The summed E-state index contributed by atoms with van der Waals surface area (Å²) in [7, 11) is 1.75.